The van der Waals surface area contributed by atoms with Crippen molar-refractivity contribution in [1.82, 2.24) is 24.5 Å². The minimum atomic E-state index is -0.553. The Morgan fingerprint density at radius 2 is 1.87 bits per heavy atom. The van der Waals surface area contributed by atoms with Crippen LogP contribution in [0.1, 0.15) is 18.4 Å². The van der Waals surface area contributed by atoms with Gasteiger partial charge in [0.1, 0.15) is 5.52 Å². The van der Waals surface area contributed by atoms with Gasteiger partial charge < -0.3 is 19.5 Å². The Morgan fingerprint density at radius 1 is 1.08 bits per heavy atom. The van der Waals surface area contributed by atoms with Gasteiger partial charge in [-0.3, -0.25) is 5.43 Å². The molecule has 2 aliphatic heterocycles. The van der Waals surface area contributed by atoms with Crippen molar-refractivity contribution in [3.63, 3.8) is 0 Å². The molecule has 0 bridgehead atoms. The van der Waals surface area contributed by atoms with E-state index in [1.807, 2.05) is 13.0 Å². The molecule has 196 valence electrons. The van der Waals surface area contributed by atoms with Gasteiger partial charge in [-0.2, -0.15) is 9.66 Å². The van der Waals surface area contributed by atoms with Gasteiger partial charge in [0.05, 0.1) is 11.9 Å². The van der Waals surface area contributed by atoms with E-state index in [4.69, 9.17) is 4.42 Å². The fraction of sp³-hybridized carbons (Fsp3) is 0.407. The summed E-state index contributed by atoms with van der Waals surface area (Å²) in [7, 11) is 0. The maximum atomic E-state index is 15.2. The first kappa shape index (κ1) is 23.2. The molecule has 0 amide bonds. The largest absolute Gasteiger partial charge is 0.439 e. The number of hydrogen-bond donors (Lipinski definition) is 2. The number of benzene rings is 1. The van der Waals surface area contributed by atoms with Crippen LogP contribution in [0.15, 0.2) is 51.9 Å². The van der Waals surface area contributed by atoms with Gasteiger partial charge in [-0.1, -0.05) is 12.1 Å². The molecule has 1 aromatic carbocycles. The van der Waals surface area contributed by atoms with E-state index in [0.29, 0.717) is 40.3 Å². The van der Waals surface area contributed by atoms with E-state index >= 15 is 4.39 Å². The van der Waals surface area contributed by atoms with Crippen LogP contribution in [0.4, 0.5) is 27.7 Å². The molecule has 2 atom stereocenters. The van der Waals surface area contributed by atoms with Crippen LogP contribution in [0.5, 0.6) is 0 Å². The van der Waals surface area contributed by atoms with Crippen molar-refractivity contribution in [3.8, 4) is 0 Å². The van der Waals surface area contributed by atoms with Crippen LogP contribution in [0, 0.1) is 30.5 Å². The summed E-state index contributed by atoms with van der Waals surface area (Å²) in [6.07, 6.45) is 5.98. The van der Waals surface area contributed by atoms with Gasteiger partial charge in [0.2, 0.25) is 5.95 Å². The molecule has 2 saturated heterocycles. The summed E-state index contributed by atoms with van der Waals surface area (Å²) in [5.74, 6) is 2.21. The minimum absolute atomic E-state index is 0.249. The van der Waals surface area contributed by atoms with Crippen LogP contribution in [0.2, 0.25) is 0 Å². The van der Waals surface area contributed by atoms with E-state index in [9.17, 15) is 4.79 Å². The lowest BCUT2D eigenvalue weighted by Crippen LogP contribution is -2.30. The molecule has 1 saturated carbocycles. The highest BCUT2D eigenvalue weighted by Gasteiger charge is 2.42. The highest BCUT2D eigenvalue weighted by atomic mass is 19.1. The first-order chi connectivity index (χ1) is 18.5. The van der Waals surface area contributed by atoms with Crippen molar-refractivity contribution in [1.29, 1.82) is 0 Å². The summed E-state index contributed by atoms with van der Waals surface area (Å²) in [5.41, 5.74) is 5.23. The van der Waals surface area contributed by atoms with Gasteiger partial charge in [-0.15, -0.1) is 0 Å². The molecule has 4 aromatic rings. The van der Waals surface area contributed by atoms with Crippen molar-refractivity contribution in [2.75, 3.05) is 48.4 Å². The number of likely N-dealkylation sites (tertiary alicyclic amines) is 1. The van der Waals surface area contributed by atoms with Gasteiger partial charge >= 0.3 is 5.76 Å². The van der Waals surface area contributed by atoms with E-state index in [0.717, 1.165) is 37.7 Å². The van der Waals surface area contributed by atoms with Crippen molar-refractivity contribution >= 4 is 34.4 Å². The molecule has 38 heavy (non-hydrogen) atoms. The van der Waals surface area contributed by atoms with Crippen LogP contribution >= 0.6 is 0 Å². The molecule has 0 radical (unpaired) electrons. The van der Waals surface area contributed by atoms with Gasteiger partial charge in [-0.25, -0.2) is 19.2 Å². The molecule has 11 heteroatoms. The lowest BCUT2D eigenvalue weighted by atomic mass is 10.0. The van der Waals surface area contributed by atoms with Gasteiger partial charge in [0, 0.05) is 50.6 Å². The Balaban J connectivity index is 1.05. The summed E-state index contributed by atoms with van der Waals surface area (Å²) in [6.45, 7) is 6.97. The highest BCUT2D eigenvalue weighted by molar-refractivity contribution is 5.73. The second kappa shape index (κ2) is 9.09. The number of nitrogens with zero attached hydrogens (tertiary/aromatic N) is 6. The number of halogens is 1. The molecule has 5 heterocycles. The second-order valence-corrected chi connectivity index (χ2v) is 10.7. The van der Waals surface area contributed by atoms with Crippen LogP contribution < -0.4 is 21.4 Å². The van der Waals surface area contributed by atoms with Gasteiger partial charge in [0.15, 0.2) is 23.0 Å². The highest BCUT2D eigenvalue weighted by Crippen LogP contribution is 2.37. The van der Waals surface area contributed by atoms with E-state index < -0.39 is 5.76 Å². The number of fused-ring (bicyclic) bond motifs is 2. The standard InChI is InChI=1S/C27H29FN8O2/c1-16-9-30-26(32-24(16)33-36-22-4-2-3-5-23(22)38-27(36)37)31-20-8-21(28)25(29-10-20)35-14-18-12-34(11-17-6-7-17)13-19(18)15-35/h2-5,8-10,17-19H,6-7,11-15H2,1H3,(H2,30,31,32,33). The molecular formula is C27H29FN8O2. The number of aryl methyl sites for hydroxylation is 1. The Bertz CT molecular complexity index is 1550. The Morgan fingerprint density at radius 3 is 2.63 bits per heavy atom. The summed E-state index contributed by atoms with van der Waals surface area (Å²) in [6, 6.07) is 8.54. The zero-order chi connectivity index (χ0) is 25.8. The Kier molecular flexibility index (Phi) is 5.54. The third-order valence-electron chi connectivity index (χ3n) is 7.83. The van der Waals surface area contributed by atoms with Crippen LogP contribution in [-0.2, 0) is 0 Å². The average Bonchev–Trinajstić information content (AvgIpc) is 3.38. The number of pyridine rings is 1. The molecule has 2 unspecified atom stereocenters. The van der Waals surface area contributed by atoms with Gasteiger partial charge in [-0.05, 0) is 49.7 Å². The third-order valence-corrected chi connectivity index (χ3v) is 7.83. The zero-order valence-electron chi connectivity index (χ0n) is 21.1. The van der Waals surface area contributed by atoms with Crippen LogP contribution in [-0.4, -0.2) is 57.3 Å². The SMILES string of the molecule is Cc1cnc(Nc2cnc(N3CC4CN(CC5CC5)CC4C3)c(F)c2)nc1Nn1c(=O)oc2ccccc21. The first-order valence-electron chi connectivity index (χ1n) is 13.1. The van der Waals surface area contributed by atoms with Crippen molar-refractivity contribution in [2.45, 2.75) is 19.8 Å². The summed E-state index contributed by atoms with van der Waals surface area (Å²) >= 11 is 0. The molecule has 2 N–H and O–H groups in total. The Labute approximate surface area is 218 Å². The zero-order valence-corrected chi connectivity index (χ0v) is 21.1. The molecule has 10 nitrogen and oxygen atoms in total. The predicted molar refractivity (Wildman–Crippen MR) is 142 cm³/mol. The van der Waals surface area contributed by atoms with E-state index in [2.05, 4.69) is 35.5 Å². The number of aromatic nitrogens is 4. The van der Waals surface area contributed by atoms with Crippen LogP contribution in [0.3, 0.4) is 0 Å². The van der Waals surface area contributed by atoms with Crippen LogP contribution in [0.25, 0.3) is 11.1 Å². The normalized spacial score (nSPS) is 21.3. The molecule has 0 spiro atoms. The molecule has 3 aromatic heterocycles. The summed E-state index contributed by atoms with van der Waals surface area (Å²) in [4.78, 5) is 30.3. The lowest BCUT2D eigenvalue weighted by Gasteiger charge is -2.22. The summed E-state index contributed by atoms with van der Waals surface area (Å²) in [5, 5.41) is 3.03. The smallest absolute Gasteiger partial charge is 0.406 e. The molecular weight excluding hydrogens is 487 g/mol. The maximum absolute atomic E-state index is 15.2. The fourth-order valence-corrected chi connectivity index (χ4v) is 5.73. The molecule has 3 fully saturated rings. The minimum Gasteiger partial charge on any atom is -0.406 e. The van der Waals surface area contributed by atoms with Crippen molar-refractivity contribution in [3.05, 3.63) is 64.7 Å². The monoisotopic (exact) mass is 516 g/mol. The van der Waals surface area contributed by atoms with E-state index in [1.54, 1.807) is 30.6 Å². The number of hydrogen-bond acceptors (Lipinski definition) is 9. The molecule has 7 rings (SSSR count). The van der Waals surface area contributed by atoms with E-state index in [1.165, 1.54) is 30.1 Å². The second-order valence-electron chi connectivity index (χ2n) is 10.7. The topological polar surface area (TPSA) is 104 Å². The number of oxazole rings is 1. The maximum Gasteiger partial charge on any atom is 0.439 e. The predicted octanol–water partition coefficient (Wildman–Crippen LogP) is 3.62. The van der Waals surface area contributed by atoms with E-state index in [-0.39, 0.29) is 11.8 Å². The number of anilines is 4. The lowest BCUT2D eigenvalue weighted by molar-refractivity contribution is 0.303. The Hall–Kier alpha value is -3.99. The molecule has 3 aliphatic rings. The average molecular weight is 517 g/mol. The first-order valence-corrected chi connectivity index (χ1v) is 13.1. The fourth-order valence-electron chi connectivity index (χ4n) is 5.73. The van der Waals surface area contributed by atoms with Crippen molar-refractivity contribution < 1.29 is 8.81 Å². The number of rotatable bonds is 7. The summed E-state index contributed by atoms with van der Waals surface area (Å²) < 4.78 is 21.7. The number of nitrogens with one attached hydrogen (secondary N) is 2. The van der Waals surface area contributed by atoms with Crippen molar-refractivity contribution in [2.24, 2.45) is 17.8 Å². The number of para-hydroxylation sites is 2. The third kappa shape index (κ3) is 4.36. The molecule has 1 aliphatic carbocycles. The quantitative estimate of drug-likeness (QED) is 0.381. The van der Waals surface area contributed by atoms with Gasteiger partial charge in [0.25, 0.3) is 0 Å².